The number of nitrogens with zero attached hydrogens (tertiary/aromatic N) is 6. The quantitative estimate of drug-likeness (QED) is 0.137. The zero-order valence-electron chi connectivity index (χ0n) is 26.6. The SMILES string of the molecule is Brc1ccccn1.CN(C)C.CN(C)C.C[N+](=O)[O-].C[N+](=O)[O-].OB(O)c1ccccc1.c1ccc(-c2ccccn2)cc1. The third-order valence-corrected chi connectivity index (χ3v) is 3.93. The summed E-state index contributed by atoms with van der Waals surface area (Å²) in [5, 5.41) is 34.8. The molecule has 14 heteroatoms. The van der Waals surface area contributed by atoms with Gasteiger partial charge in [-0.25, -0.2) is 4.98 Å². The van der Waals surface area contributed by atoms with Gasteiger partial charge in [0.25, 0.3) is 0 Å². The molecule has 0 radical (unpaired) electrons. The van der Waals surface area contributed by atoms with Gasteiger partial charge in [-0.05, 0) is 87.9 Å². The number of halogens is 1. The summed E-state index contributed by atoms with van der Waals surface area (Å²) in [5.74, 6) is 0. The summed E-state index contributed by atoms with van der Waals surface area (Å²) in [6, 6.07) is 30.4. The minimum atomic E-state index is -1.34. The number of aromatic nitrogens is 2. The molecule has 2 aromatic heterocycles. The lowest BCUT2D eigenvalue weighted by Crippen LogP contribution is -2.29. The minimum Gasteiger partial charge on any atom is -0.423 e. The Kier molecular flexibility index (Phi) is 30.6. The second-order valence-electron chi connectivity index (χ2n) is 9.08. The highest BCUT2D eigenvalue weighted by molar-refractivity contribution is 9.10. The molecule has 44 heavy (non-hydrogen) atoms. The molecule has 0 aliphatic carbocycles. The first-order valence-corrected chi connectivity index (χ1v) is 13.7. The van der Waals surface area contributed by atoms with Crippen molar-refractivity contribution in [2.45, 2.75) is 0 Å². The maximum Gasteiger partial charge on any atom is 0.488 e. The fourth-order valence-corrected chi connectivity index (χ4v) is 2.38. The van der Waals surface area contributed by atoms with Crippen LogP contribution in [-0.2, 0) is 0 Å². The van der Waals surface area contributed by atoms with Crippen LogP contribution in [0, 0.1) is 20.2 Å². The Bertz CT molecular complexity index is 1130. The maximum atomic E-state index is 8.81. The molecule has 2 heterocycles. The molecule has 2 N–H and O–H groups in total. The Morgan fingerprint density at radius 3 is 1.23 bits per heavy atom. The Morgan fingerprint density at radius 1 is 0.636 bits per heavy atom. The fourth-order valence-electron chi connectivity index (χ4n) is 2.11. The van der Waals surface area contributed by atoms with Crippen molar-refractivity contribution < 1.29 is 19.9 Å². The Labute approximate surface area is 269 Å². The third-order valence-electron chi connectivity index (χ3n) is 3.46. The van der Waals surface area contributed by atoms with Crippen molar-refractivity contribution in [1.29, 1.82) is 0 Å². The van der Waals surface area contributed by atoms with Gasteiger partial charge in [-0.2, -0.15) is 0 Å². The topological polar surface area (TPSA) is 159 Å². The van der Waals surface area contributed by atoms with E-state index in [1.807, 2.05) is 119 Å². The minimum absolute atomic E-state index is 0.500. The zero-order chi connectivity index (χ0) is 34.3. The lowest BCUT2D eigenvalue weighted by atomic mass is 9.81. The van der Waals surface area contributed by atoms with E-state index in [0.29, 0.717) is 5.46 Å². The lowest BCUT2D eigenvalue weighted by Gasteiger charge is -1.97. The lowest BCUT2D eigenvalue weighted by molar-refractivity contribution is -0.445. The first-order chi connectivity index (χ1) is 20.6. The second-order valence-corrected chi connectivity index (χ2v) is 9.89. The first-order valence-electron chi connectivity index (χ1n) is 12.9. The summed E-state index contributed by atoms with van der Waals surface area (Å²) in [5.41, 5.74) is 2.72. The summed E-state index contributed by atoms with van der Waals surface area (Å²) in [4.78, 5) is 28.8. The molecule has 0 saturated carbocycles. The van der Waals surface area contributed by atoms with Crippen molar-refractivity contribution in [2.75, 3.05) is 56.4 Å². The number of rotatable bonds is 2. The van der Waals surface area contributed by atoms with E-state index in [1.54, 1.807) is 30.5 Å². The van der Waals surface area contributed by atoms with Crippen molar-refractivity contribution in [3.05, 3.63) is 134 Å². The van der Waals surface area contributed by atoms with E-state index in [9.17, 15) is 0 Å². The highest BCUT2D eigenvalue weighted by Gasteiger charge is 2.07. The number of hydrogen-bond donors (Lipinski definition) is 2. The first kappa shape index (κ1) is 44.4. The van der Waals surface area contributed by atoms with E-state index in [-0.39, 0.29) is 0 Å². The molecule has 0 fully saturated rings. The van der Waals surface area contributed by atoms with Crippen molar-refractivity contribution in [3.63, 3.8) is 0 Å². The van der Waals surface area contributed by atoms with Crippen LogP contribution in [0.5, 0.6) is 0 Å². The standard InChI is InChI=1S/C11H9N.C6H7BO2.C5H4BrN.2C3H9N.2CH3NO2/c1-2-6-10(7-3-1)11-8-4-5-9-12-11;8-7(9)6-4-2-1-3-5-6;6-5-3-1-2-4-7-5;2*1-4(2)3;2*1-2(3)4/h1-9H;1-5,8-9H;1-4H;2*1-3H3;2*1H3. The van der Waals surface area contributed by atoms with Crippen LogP contribution in [0.1, 0.15) is 0 Å². The second kappa shape index (κ2) is 30.4. The summed E-state index contributed by atoms with van der Waals surface area (Å²) >= 11 is 3.20. The molecule has 4 aromatic rings. The van der Waals surface area contributed by atoms with Crippen molar-refractivity contribution in [1.82, 2.24) is 19.8 Å². The molecule has 240 valence electrons. The van der Waals surface area contributed by atoms with Crippen LogP contribution in [0.15, 0.2) is 114 Å². The van der Waals surface area contributed by atoms with Crippen molar-refractivity contribution in [3.8, 4) is 11.3 Å². The van der Waals surface area contributed by atoms with Crippen LogP contribution in [0.3, 0.4) is 0 Å². The van der Waals surface area contributed by atoms with E-state index in [0.717, 1.165) is 30.0 Å². The number of nitro groups is 2. The molecule has 2 aromatic carbocycles. The summed E-state index contributed by atoms with van der Waals surface area (Å²) in [6.45, 7) is 0. The smallest absolute Gasteiger partial charge is 0.423 e. The molecule has 0 atom stereocenters. The van der Waals surface area contributed by atoms with Gasteiger partial charge in [0.15, 0.2) is 14.1 Å². The third kappa shape index (κ3) is 40.1. The predicted octanol–water partition coefficient (Wildman–Crippen LogP) is 4.10. The highest BCUT2D eigenvalue weighted by atomic mass is 79.9. The molecule has 4 rings (SSSR count). The van der Waals surface area contributed by atoms with E-state index in [4.69, 9.17) is 30.3 Å². The fraction of sp³-hybridized carbons (Fsp3) is 0.267. The number of pyridine rings is 2. The summed E-state index contributed by atoms with van der Waals surface area (Å²) < 4.78 is 0.884. The zero-order valence-corrected chi connectivity index (χ0v) is 28.1. The van der Waals surface area contributed by atoms with Gasteiger partial charge in [-0.1, -0.05) is 72.8 Å². The van der Waals surface area contributed by atoms with Crippen LogP contribution >= 0.6 is 15.9 Å². The largest absolute Gasteiger partial charge is 0.488 e. The average molecular weight is 675 g/mol. The number of hydrogen-bond acceptors (Lipinski definition) is 10. The van der Waals surface area contributed by atoms with Crippen LogP contribution in [0.4, 0.5) is 0 Å². The molecule has 0 saturated heterocycles. The van der Waals surface area contributed by atoms with Gasteiger partial charge in [-0.3, -0.25) is 25.2 Å². The molecular weight excluding hydrogens is 631 g/mol. The van der Waals surface area contributed by atoms with Gasteiger partial charge in [0, 0.05) is 27.8 Å². The normalized spacial score (nSPS) is 8.66. The summed E-state index contributed by atoms with van der Waals surface area (Å²) in [7, 11) is 12.4. The molecule has 0 aliphatic rings. The molecule has 0 unspecified atom stereocenters. The summed E-state index contributed by atoms with van der Waals surface area (Å²) in [6.07, 6.45) is 3.55. The van der Waals surface area contributed by atoms with Gasteiger partial charge in [0.1, 0.15) is 4.60 Å². The molecule has 0 amide bonds. The predicted molar refractivity (Wildman–Crippen MR) is 183 cm³/mol. The van der Waals surface area contributed by atoms with Gasteiger partial charge in [0.05, 0.1) is 5.69 Å². The highest BCUT2D eigenvalue weighted by Crippen LogP contribution is 2.14. The van der Waals surface area contributed by atoms with E-state index in [1.165, 1.54) is 0 Å². The van der Waals surface area contributed by atoms with Crippen LogP contribution in [0.2, 0.25) is 0 Å². The van der Waals surface area contributed by atoms with Gasteiger partial charge in [-0.15, -0.1) is 0 Å². The Balaban J connectivity index is -0.000000473. The molecule has 0 spiro atoms. The van der Waals surface area contributed by atoms with Crippen molar-refractivity contribution >= 4 is 28.5 Å². The number of benzene rings is 2. The van der Waals surface area contributed by atoms with Crippen LogP contribution in [0.25, 0.3) is 11.3 Å². The van der Waals surface area contributed by atoms with E-state index in [2.05, 4.69) is 38.0 Å². The molecule has 0 bridgehead atoms. The Hall–Kier alpha value is -4.08. The van der Waals surface area contributed by atoms with Crippen LogP contribution < -0.4 is 5.46 Å². The van der Waals surface area contributed by atoms with Gasteiger partial charge in [0.2, 0.25) is 0 Å². The Morgan fingerprint density at radius 2 is 0.977 bits per heavy atom. The molecular formula is C30H44BBrN6O6. The van der Waals surface area contributed by atoms with Crippen LogP contribution in [-0.4, -0.2) is 103 Å². The van der Waals surface area contributed by atoms with Crippen molar-refractivity contribution in [2.24, 2.45) is 0 Å². The van der Waals surface area contributed by atoms with E-state index < -0.39 is 17.0 Å². The molecule has 0 aliphatic heterocycles. The van der Waals surface area contributed by atoms with Gasteiger partial charge < -0.3 is 19.8 Å². The molecule has 12 nitrogen and oxygen atoms in total. The van der Waals surface area contributed by atoms with Gasteiger partial charge >= 0.3 is 7.12 Å². The van der Waals surface area contributed by atoms with E-state index >= 15 is 0 Å². The maximum absolute atomic E-state index is 8.81. The average Bonchev–Trinajstić information content (AvgIpc) is 2.94. The monoisotopic (exact) mass is 674 g/mol.